The van der Waals surface area contributed by atoms with Crippen LogP contribution in [0.2, 0.25) is 0 Å². The number of hydrogen-bond acceptors (Lipinski definition) is 7. The number of hydrazone groups is 1. The molecule has 1 aliphatic rings. The van der Waals surface area contributed by atoms with Crippen LogP contribution >= 0.6 is 0 Å². The molecule has 2 aromatic carbocycles. The molecule has 0 saturated carbocycles. The molecular weight excluding hydrogens is 416 g/mol. The summed E-state index contributed by atoms with van der Waals surface area (Å²) in [5.74, 6) is 0.733. The van der Waals surface area contributed by atoms with Crippen LogP contribution in [-0.4, -0.2) is 35.2 Å². The van der Waals surface area contributed by atoms with E-state index in [-0.39, 0.29) is 11.4 Å². The lowest BCUT2D eigenvalue weighted by Gasteiger charge is -2.21. The highest BCUT2D eigenvalue weighted by Gasteiger charge is 2.49. The fraction of sp³-hybridized carbons (Fsp3) is 0.136. The Morgan fingerprint density at radius 2 is 1.91 bits per heavy atom. The molecule has 0 bridgehead atoms. The quantitative estimate of drug-likeness (QED) is 0.273. The number of rotatable bonds is 6. The molecule has 10 heteroatoms. The van der Waals surface area contributed by atoms with Gasteiger partial charge in [-0.3, -0.25) is 14.9 Å². The Balaban J connectivity index is 1.54. The van der Waals surface area contributed by atoms with Gasteiger partial charge in [0.1, 0.15) is 22.8 Å². The zero-order valence-electron chi connectivity index (χ0n) is 17.1. The number of nitro groups is 1. The summed E-state index contributed by atoms with van der Waals surface area (Å²) in [5, 5.41) is 18.3. The van der Waals surface area contributed by atoms with Crippen molar-refractivity contribution in [3.63, 3.8) is 0 Å². The number of benzene rings is 2. The lowest BCUT2D eigenvalue weighted by atomic mass is 9.92. The van der Waals surface area contributed by atoms with Crippen LogP contribution in [0.1, 0.15) is 18.2 Å². The topological polar surface area (TPSA) is 127 Å². The molecule has 1 unspecified atom stereocenters. The number of amides is 3. The van der Waals surface area contributed by atoms with E-state index in [0.717, 1.165) is 5.01 Å². The number of carbonyl (C=O) groups excluding carboxylic acids is 2. The number of nitro benzene ring substituents is 1. The number of nitrogens with one attached hydrogen (secondary N) is 1. The summed E-state index contributed by atoms with van der Waals surface area (Å²) in [6.45, 7) is 1.60. The predicted octanol–water partition coefficient (Wildman–Crippen LogP) is 3.66. The van der Waals surface area contributed by atoms with Crippen LogP contribution < -0.4 is 10.1 Å². The Kier molecular flexibility index (Phi) is 5.19. The average molecular weight is 434 g/mol. The second kappa shape index (κ2) is 7.99. The van der Waals surface area contributed by atoms with E-state index >= 15 is 0 Å². The monoisotopic (exact) mass is 434 g/mol. The maximum absolute atomic E-state index is 12.9. The fourth-order valence-corrected chi connectivity index (χ4v) is 3.31. The van der Waals surface area contributed by atoms with Crippen molar-refractivity contribution in [3.05, 3.63) is 82.1 Å². The van der Waals surface area contributed by atoms with E-state index in [1.54, 1.807) is 55.5 Å². The molecule has 1 aromatic heterocycles. The molecule has 10 nitrogen and oxygen atoms in total. The lowest BCUT2D eigenvalue weighted by molar-refractivity contribution is -0.384. The number of methoxy groups -OCH3 is 1. The van der Waals surface area contributed by atoms with Crippen molar-refractivity contribution in [1.29, 1.82) is 0 Å². The maximum atomic E-state index is 12.9. The lowest BCUT2D eigenvalue weighted by Crippen LogP contribution is -2.40. The Bertz CT molecular complexity index is 1230. The summed E-state index contributed by atoms with van der Waals surface area (Å²) < 4.78 is 10.8. The van der Waals surface area contributed by atoms with Crippen molar-refractivity contribution in [1.82, 2.24) is 10.3 Å². The zero-order chi connectivity index (χ0) is 22.9. The van der Waals surface area contributed by atoms with Crippen molar-refractivity contribution in [2.24, 2.45) is 5.10 Å². The van der Waals surface area contributed by atoms with Gasteiger partial charge in [0.05, 0.1) is 18.2 Å². The van der Waals surface area contributed by atoms with Gasteiger partial charge in [-0.2, -0.15) is 5.10 Å². The molecule has 32 heavy (non-hydrogen) atoms. The average Bonchev–Trinajstić information content (AvgIpc) is 3.36. The highest BCUT2D eigenvalue weighted by atomic mass is 16.6. The minimum Gasteiger partial charge on any atom is -0.497 e. The molecule has 1 aliphatic heterocycles. The van der Waals surface area contributed by atoms with Gasteiger partial charge in [-0.15, -0.1) is 5.01 Å². The van der Waals surface area contributed by atoms with E-state index in [9.17, 15) is 19.7 Å². The van der Waals surface area contributed by atoms with E-state index in [4.69, 9.17) is 9.15 Å². The molecule has 3 aromatic rings. The first-order chi connectivity index (χ1) is 15.3. The van der Waals surface area contributed by atoms with Gasteiger partial charge >= 0.3 is 6.03 Å². The molecule has 1 atom stereocenters. The number of imide groups is 1. The molecule has 1 saturated heterocycles. The molecule has 4 rings (SSSR count). The van der Waals surface area contributed by atoms with E-state index in [1.807, 2.05) is 0 Å². The number of carbonyl (C=O) groups is 2. The van der Waals surface area contributed by atoms with E-state index in [2.05, 4.69) is 10.4 Å². The standard InChI is InChI=1S/C22H18N4O6/c1-22(15-6-8-17(31-2)9-7-15)20(27)25(21(28)24-22)23-13-18-10-11-19(32-18)14-4-3-5-16(12-14)26(29)30/h3-13H,1-2H3,(H,24,28)/b23-13+. The summed E-state index contributed by atoms with van der Waals surface area (Å²) in [7, 11) is 1.54. The van der Waals surface area contributed by atoms with E-state index in [1.165, 1.54) is 25.5 Å². The first-order valence-corrected chi connectivity index (χ1v) is 9.52. The van der Waals surface area contributed by atoms with Gasteiger partial charge in [0.2, 0.25) is 0 Å². The number of nitrogens with zero attached hydrogens (tertiary/aromatic N) is 3. The van der Waals surface area contributed by atoms with Crippen LogP contribution in [-0.2, 0) is 10.3 Å². The van der Waals surface area contributed by atoms with E-state index in [0.29, 0.717) is 22.6 Å². The number of furan rings is 1. The Labute approximate surface area is 182 Å². The van der Waals surface area contributed by atoms with Crippen LogP contribution in [0.4, 0.5) is 10.5 Å². The second-order valence-corrected chi connectivity index (χ2v) is 7.15. The van der Waals surface area contributed by atoms with Crippen LogP contribution in [0.25, 0.3) is 11.3 Å². The van der Waals surface area contributed by atoms with Crippen molar-refractivity contribution in [2.45, 2.75) is 12.5 Å². The van der Waals surface area contributed by atoms with Gasteiger partial charge in [-0.05, 0) is 36.8 Å². The second-order valence-electron chi connectivity index (χ2n) is 7.15. The third-order valence-electron chi connectivity index (χ3n) is 5.11. The predicted molar refractivity (Wildman–Crippen MR) is 114 cm³/mol. The van der Waals surface area contributed by atoms with Gasteiger partial charge in [0, 0.05) is 17.7 Å². The molecular formula is C22H18N4O6. The highest BCUT2D eigenvalue weighted by Crippen LogP contribution is 2.30. The largest absolute Gasteiger partial charge is 0.497 e. The highest BCUT2D eigenvalue weighted by molar-refractivity contribution is 6.07. The van der Waals surface area contributed by atoms with Crippen LogP contribution in [0.15, 0.2) is 70.2 Å². The Hall–Kier alpha value is -4.47. The number of non-ortho nitro benzene ring substituents is 1. The van der Waals surface area contributed by atoms with Crippen molar-refractivity contribution >= 4 is 23.8 Å². The van der Waals surface area contributed by atoms with Crippen molar-refractivity contribution in [2.75, 3.05) is 7.11 Å². The van der Waals surface area contributed by atoms with Crippen LogP contribution in [0.5, 0.6) is 5.75 Å². The molecule has 162 valence electrons. The summed E-state index contributed by atoms with van der Waals surface area (Å²) in [4.78, 5) is 35.8. The molecule has 0 spiro atoms. The van der Waals surface area contributed by atoms with Gasteiger partial charge in [-0.25, -0.2) is 4.79 Å². The third-order valence-corrected chi connectivity index (χ3v) is 5.11. The third kappa shape index (κ3) is 3.69. The molecule has 0 aliphatic carbocycles. The summed E-state index contributed by atoms with van der Waals surface area (Å²) in [5.41, 5.74) is -0.245. The Morgan fingerprint density at radius 1 is 1.16 bits per heavy atom. The number of ether oxygens (including phenoxy) is 1. The van der Waals surface area contributed by atoms with Crippen LogP contribution in [0.3, 0.4) is 0 Å². The number of urea groups is 1. The molecule has 0 radical (unpaired) electrons. The van der Waals surface area contributed by atoms with Gasteiger partial charge in [-0.1, -0.05) is 24.3 Å². The first kappa shape index (κ1) is 20.8. The SMILES string of the molecule is COc1ccc(C2(C)NC(=O)N(/N=C/c3ccc(-c4cccc([N+](=O)[O-])c4)o3)C2=O)cc1. The van der Waals surface area contributed by atoms with Crippen molar-refractivity contribution < 1.29 is 23.7 Å². The molecule has 2 heterocycles. The maximum Gasteiger partial charge on any atom is 0.346 e. The molecule has 1 N–H and O–H groups in total. The minimum absolute atomic E-state index is 0.0636. The minimum atomic E-state index is -1.28. The first-order valence-electron chi connectivity index (χ1n) is 9.52. The summed E-state index contributed by atoms with van der Waals surface area (Å²) in [6, 6.07) is 15.3. The van der Waals surface area contributed by atoms with Gasteiger partial charge in [0.15, 0.2) is 0 Å². The number of hydrogen-bond donors (Lipinski definition) is 1. The Morgan fingerprint density at radius 3 is 2.59 bits per heavy atom. The smallest absolute Gasteiger partial charge is 0.346 e. The molecule has 3 amide bonds. The molecule has 1 fully saturated rings. The van der Waals surface area contributed by atoms with Crippen LogP contribution in [0, 0.1) is 10.1 Å². The van der Waals surface area contributed by atoms with Gasteiger partial charge in [0.25, 0.3) is 11.6 Å². The fourth-order valence-electron chi connectivity index (χ4n) is 3.31. The normalized spacial score (nSPS) is 18.2. The zero-order valence-corrected chi connectivity index (χ0v) is 17.1. The summed E-state index contributed by atoms with van der Waals surface area (Å²) >= 11 is 0. The van der Waals surface area contributed by atoms with Crippen molar-refractivity contribution in [3.8, 4) is 17.1 Å². The van der Waals surface area contributed by atoms with Gasteiger partial charge < -0.3 is 14.5 Å². The summed E-state index contributed by atoms with van der Waals surface area (Å²) in [6.07, 6.45) is 1.23. The van der Waals surface area contributed by atoms with E-state index < -0.39 is 22.4 Å².